The maximum Gasteiger partial charge on any atom is 0.100 e. The van der Waals surface area contributed by atoms with Gasteiger partial charge in [0.2, 0.25) is 0 Å². The van der Waals surface area contributed by atoms with Crippen molar-refractivity contribution >= 4 is 0 Å². The lowest BCUT2D eigenvalue weighted by Crippen LogP contribution is -2.48. The van der Waals surface area contributed by atoms with Gasteiger partial charge in [0, 0.05) is 20.0 Å². The SMILES string of the molecule is CO[C@H]1C[C@]2(C)O[C@@]1(C(C)C)C[C@H]2OCc1ccccc1. The topological polar surface area (TPSA) is 27.7 Å². The number of methoxy groups -OCH3 is 1. The first-order chi connectivity index (χ1) is 10.00. The first kappa shape index (κ1) is 15.0. The van der Waals surface area contributed by atoms with Crippen LogP contribution in [0.2, 0.25) is 0 Å². The fourth-order valence-corrected chi connectivity index (χ4v) is 3.97. The molecule has 2 heterocycles. The lowest BCUT2D eigenvalue weighted by atomic mass is 9.73. The predicted molar refractivity (Wildman–Crippen MR) is 82.1 cm³/mol. The molecule has 3 rings (SSSR count). The number of rotatable bonds is 5. The summed E-state index contributed by atoms with van der Waals surface area (Å²) in [5.74, 6) is 0.426. The molecule has 2 saturated heterocycles. The summed E-state index contributed by atoms with van der Waals surface area (Å²) in [6.07, 6.45) is 2.17. The smallest absolute Gasteiger partial charge is 0.100 e. The zero-order valence-corrected chi connectivity index (χ0v) is 13.5. The van der Waals surface area contributed by atoms with Gasteiger partial charge in [-0.25, -0.2) is 0 Å². The number of hydrogen-bond donors (Lipinski definition) is 0. The van der Waals surface area contributed by atoms with E-state index in [2.05, 4.69) is 32.9 Å². The van der Waals surface area contributed by atoms with Crippen molar-refractivity contribution in [2.24, 2.45) is 5.92 Å². The van der Waals surface area contributed by atoms with Crippen molar-refractivity contribution < 1.29 is 14.2 Å². The molecule has 0 radical (unpaired) electrons. The highest BCUT2D eigenvalue weighted by atomic mass is 16.6. The maximum atomic E-state index is 6.46. The van der Waals surface area contributed by atoms with E-state index < -0.39 is 0 Å². The third-order valence-corrected chi connectivity index (χ3v) is 5.30. The van der Waals surface area contributed by atoms with Gasteiger partial charge in [-0.1, -0.05) is 44.2 Å². The van der Waals surface area contributed by atoms with Crippen LogP contribution in [-0.2, 0) is 20.8 Å². The first-order valence-corrected chi connectivity index (χ1v) is 7.89. The summed E-state index contributed by atoms with van der Waals surface area (Å²) in [4.78, 5) is 0. The molecule has 2 bridgehead atoms. The summed E-state index contributed by atoms with van der Waals surface area (Å²) < 4.78 is 18.4. The molecule has 1 aromatic rings. The molecule has 116 valence electrons. The monoisotopic (exact) mass is 290 g/mol. The summed E-state index contributed by atoms with van der Waals surface area (Å²) in [5.41, 5.74) is 0.802. The minimum absolute atomic E-state index is 0.145. The number of ether oxygens (including phenoxy) is 3. The second-order valence-corrected chi connectivity index (χ2v) is 6.94. The second kappa shape index (κ2) is 5.38. The molecule has 0 spiro atoms. The Labute approximate surface area is 127 Å². The largest absolute Gasteiger partial charge is 0.378 e. The Morgan fingerprint density at radius 2 is 1.90 bits per heavy atom. The summed E-state index contributed by atoms with van der Waals surface area (Å²) in [6, 6.07) is 10.3. The predicted octanol–water partition coefficient (Wildman–Crippen LogP) is 3.56. The Bertz CT molecular complexity index is 486. The van der Waals surface area contributed by atoms with E-state index in [9.17, 15) is 0 Å². The van der Waals surface area contributed by atoms with Crippen molar-refractivity contribution in [3.8, 4) is 0 Å². The molecule has 0 N–H and O–H groups in total. The standard InChI is InChI=1S/C18H26O3/c1-13(2)18-11-15(17(3,21-18)10-16(18)19-4)20-12-14-8-6-5-7-9-14/h5-9,13,15-16H,10-12H2,1-4H3/t15-,16+,17+,18-/m1/s1. The highest BCUT2D eigenvalue weighted by Gasteiger charge is 2.66. The fraction of sp³-hybridized carbons (Fsp3) is 0.667. The number of fused-ring (bicyclic) bond motifs is 2. The van der Waals surface area contributed by atoms with Gasteiger partial charge in [0.15, 0.2) is 0 Å². The van der Waals surface area contributed by atoms with Crippen LogP contribution in [0.25, 0.3) is 0 Å². The lowest BCUT2D eigenvalue weighted by molar-refractivity contribution is -0.112. The number of benzene rings is 1. The molecule has 2 aliphatic heterocycles. The fourth-order valence-electron chi connectivity index (χ4n) is 3.97. The Morgan fingerprint density at radius 1 is 1.19 bits per heavy atom. The van der Waals surface area contributed by atoms with Crippen LogP contribution in [0.1, 0.15) is 39.2 Å². The van der Waals surface area contributed by atoms with E-state index in [0.717, 1.165) is 12.8 Å². The van der Waals surface area contributed by atoms with Crippen molar-refractivity contribution in [1.29, 1.82) is 0 Å². The highest BCUT2D eigenvalue weighted by molar-refractivity contribution is 5.17. The summed E-state index contributed by atoms with van der Waals surface area (Å²) in [6.45, 7) is 7.26. The molecular formula is C18H26O3. The van der Waals surface area contributed by atoms with Crippen LogP contribution < -0.4 is 0 Å². The van der Waals surface area contributed by atoms with Crippen LogP contribution >= 0.6 is 0 Å². The van der Waals surface area contributed by atoms with E-state index in [-0.39, 0.29) is 23.4 Å². The Hall–Kier alpha value is -0.900. The average Bonchev–Trinajstić information content (AvgIpc) is 2.95. The van der Waals surface area contributed by atoms with E-state index in [1.165, 1.54) is 5.56 Å². The van der Waals surface area contributed by atoms with Gasteiger partial charge in [0.25, 0.3) is 0 Å². The summed E-state index contributed by atoms with van der Waals surface area (Å²) >= 11 is 0. The van der Waals surface area contributed by atoms with Gasteiger partial charge in [-0.3, -0.25) is 0 Å². The molecule has 0 unspecified atom stereocenters. The molecule has 0 saturated carbocycles. The Morgan fingerprint density at radius 3 is 2.52 bits per heavy atom. The minimum Gasteiger partial charge on any atom is -0.378 e. The van der Waals surface area contributed by atoms with Crippen LogP contribution in [0.5, 0.6) is 0 Å². The van der Waals surface area contributed by atoms with Gasteiger partial charge in [-0.05, 0) is 18.4 Å². The molecular weight excluding hydrogens is 264 g/mol. The van der Waals surface area contributed by atoms with Crippen molar-refractivity contribution in [2.45, 2.75) is 63.6 Å². The third-order valence-electron chi connectivity index (χ3n) is 5.30. The molecule has 1 aromatic carbocycles. The van der Waals surface area contributed by atoms with E-state index in [0.29, 0.717) is 12.5 Å². The molecule has 0 aliphatic carbocycles. The maximum absolute atomic E-state index is 6.46. The van der Waals surface area contributed by atoms with Gasteiger partial charge in [0.1, 0.15) is 5.60 Å². The van der Waals surface area contributed by atoms with E-state index in [1.807, 2.05) is 18.2 Å². The summed E-state index contributed by atoms with van der Waals surface area (Å²) in [7, 11) is 1.79. The molecule has 0 amide bonds. The normalized spacial score (nSPS) is 38.3. The minimum atomic E-state index is -0.222. The van der Waals surface area contributed by atoms with Crippen LogP contribution in [0.3, 0.4) is 0 Å². The van der Waals surface area contributed by atoms with E-state index in [1.54, 1.807) is 7.11 Å². The van der Waals surface area contributed by atoms with Gasteiger partial charge in [-0.15, -0.1) is 0 Å². The van der Waals surface area contributed by atoms with Crippen LogP contribution in [0.4, 0.5) is 0 Å². The average molecular weight is 290 g/mol. The lowest BCUT2D eigenvalue weighted by Gasteiger charge is -2.37. The molecule has 2 fully saturated rings. The number of hydrogen-bond acceptors (Lipinski definition) is 3. The van der Waals surface area contributed by atoms with E-state index in [4.69, 9.17) is 14.2 Å². The van der Waals surface area contributed by atoms with Crippen LogP contribution in [0.15, 0.2) is 30.3 Å². The molecule has 3 nitrogen and oxygen atoms in total. The third kappa shape index (κ3) is 2.41. The van der Waals surface area contributed by atoms with Gasteiger partial charge < -0.3 is 14.2 Å². The first-order valence-electron chi connectivity index (χ1n) is 7.89. The van der Waals surface area contributed by atoms with Gasteiger partial charge >= 0.3 is 0 Å². The van der Waals surface area contributed by atoms with Gasteiger partial charge in [0.05, 0.1) is 24.4 Å². The molecule has 3 heteroatoms. The van der Waals surface area contributed by atoms with Crippen molar-refractivity contribution in [1.82, 2.24) is 0 Å². The van der Waals surface area contributed by atoms with Crippen LogP contribution in [0, 0.1) is 5.92 Å². The summed E-state index contributed by atoms with van der Waals surface area (Å²) in [5, 5.41) is 0. The second-order valence-electron chi connectivity index (χ2n) is 6.94. The molecule has 2 aliphatic rings. The van der Waals surface area contributed by atoms with Gasteiger partial charge in [-0.2, -0.15) is 0 Å². The Balaban J connectivity index is 1.72. The van der Waals surface area contributed by atoms with Crippen molar-refractivity contribution in [3.05, 3.63) is 35.9 Å². The molecule has 0 aromatic heterocycles. The molecule has 21 heavy (non-hydrogen) atoms. The van der Waals surface area contributed by atoms with Crippen molar-refractivity contribution in [2.75, 3.05) is 7.11 Å². The van der Waals surface area contributed by atoms with Crippen molar-refractivity contribution in [3.63, 3.8) is 0 Å². The zero-order valence-electron chi connectivity index (χ0n) is 13.5. The Kier molecular flexibility index (Phi) is 3.85. The highest BCUT2D eigenvalue weighted by Crippen LogP contribution is 2.56. The molecule has 4 atom stereocenters. The zero-order chi connectivity index (χ0) is 15.1. The van der Waals surface area contributed by atoms with E-state index >= 15 is 0 Å². The van der Waals surface area contributed by atoms with Crippen LogP contribution in [-0.4, -0.2) is 30.5 Å². The quantitative estimate of drug-likeness (QED) is 0.830.